The first-order chi connectivity index (χ1) is 12.1. The molecule has 2 aromatic carbocycles. The highest BCUT2D eigenvalue weighted by atomic mass is 16.6. The lowest BCUT2D eigenvalue weighted by atomic mass is 10.00. The zero-order chi connectivity index (χ0) is 17.8. The van der Waals surface area contributed by atoms with Crippen LogP contribution in [0.5, 0.6) is 0 Å². The summed E-state index contributed by atoms with van der Waals surface area (Å²) in [4.78, 5) is 25.2. The molecule has 2 atom stereocenters. The monoisotopic (exact) mass is 340 g/mol. The first-order valence-corrected chi connectivity index (χ1v) is 8.35. The molecular weight excluding hydrogens is 320 g/mol. The number of aliphatic hydroxyl groups excluding tert-OH is 1. The van der Waals surface area contributed by atoms with Crippen LogP contribution < -0.4 is 0 Å². The molecule has 1 heterocycles. The van der Waals surface area contributed by atoms with Gasteiger partial charge in [0.15, 0.2) is 0 Å². The summed E-state index contributed by atoms with van der Waals surface area (Å²) in [5.41, 5.74) is 0.739. The maximum absolute atomic E-state index is 12.8. The average molecular weight is 340 g/mol. The number of likely N-dealkylation sites (tertiary alicyclic amines) is 1. The number of rotatable bonds is 5. The minimum absolute atomic E-state index is 0.105. The summed E-state index contributed by atoms with van der Waals surface area (Å²) >= 11 is 0. The Hall–Kier alpha value is -2.73. The lowest BCUT2D eigenvalue weighted by Gasteiger charge is -2.26. The minimum Gasteiger partial charge on any atom is -0.388 e. The Morgan fingerprint density at radius 1 is 1.20 bits per heavy atom. The number of nitro benzene ring substituents is 1. The zero-order valence-corrected chi connectivity index (χ0v) is 13.7. The maximum Gasteiger partial charge on any atom is 0.282 e. The molecule has 130 valence electrons. The van der Waals surface area contributed by atoms with Gasteiger partial charge in [-0.25, -0.2) is 0 Å². The van der Waals surface area contributed by atoms with Crippen LogP contribution in [-0.2, 0) is 0 Å². The van der Waals surface area contributed by atoms with Crippen molar-refractivity contribution in [2.45, 2.75) is 31.4 Å². The van der Waals surface area contributed by atoms with E-state index in [1.54, 1.807) is 17.0 Å². The van der Waals surface area contributed by atoms with Gasteiger partial charge in [-0.05, 0) is 30.9 Å². The van der Waals surface area contributed by atoms with E-state index in [9.17, 15) is 20.0 Å². The molecule has 1 fully saturated rings. The fourth-order valence-corrected chi connectivity index (χ4v) is 3.39. The molecule has 6 heteroatoms. The molecule has 0 saturated carbocycles. The molecule has 0 aliphatic carbocycles. The number of aliphatic hydroxyl groups is 1. The molecule has 6 nitrogen and oxygen atoms in total. The third-order valence-corrected chi connectivity index (χ3v) is 4.65. The molecule has 1 N–H and O–H groups in total. The predicted octanol–water partition coefficient (Wildman–Crippen LogP) is 3.32. The molecule has 2 aromatic rings. The molecule has 0 bridgehead atoms. The molecule has 1 aliphatic heterocycles. The second kappa shape index (κ2) is 7.44. The van der Waals surface area contributed by atoms with Crippen molar-refractivity contribution in [3.8, 4) is 0 Å². The second-order valence-corrected chi connectivity index (χ2v) is 6.23. The number of carbonyl (C=O) groups excluding carboxylic acids is 1. The Bertz CT molecular complexity index is 763. The third kappa shape index (κ3) is 3.69. The highest BCUT2D eigenvalue weighted by Gasteiger charge is 2.33. The number of hydrogen-bond donors (Lipinski definition) is 1. The smallest absolute Gasteiger partial charge is 0.282 e. The lowest BCUT2D eigenvalue weighted by Crippen LogP contribution is -2.36. The molecule has 0 unspecified atom stereocenters. The van der Waals surface area contributed by atoms with Gasteiger partial charge in [-0.15, -0.1) is 0 Å². The molecule has 1 aliphatic rings. The van der Waals surface area contributed by atoms with Gasteiger partial charge in [-0.3, -0.25) is 14.9 Å². The molecule has 3 rings (SSSR count). The number of amides is 1. The van der Waals surface area contributed by atoms with Crippen molar-refractivity contribution in [2.24, 2.45) is 0 Å². The Labute approximate surface area is 145 Å². The number of carbonyl (C=O) groups is 1. The highest BCUT2D eigenvalue weighted by Crippen LogP contribution is 2.30. The van der Waals surface area contributed by atoms with Crippen LogP contribution in [0.2, 0.25) is 0 Å². The zero-order valence-electron chi connectivity index (χ0n) is 13.7. The van der Waals surface area contributed by atoms with E-state index in [1.807, 2.05) is 30.3 Å². The number of nitro groups is 1. The highest BCUT2D eigenvalue weighted by molar-refractivity contribution is 5.98. The first kappa shape index (κ1) is 17.1. The van der Waals surface area contributed by atoms with Gasteiger partial charge in [-0.1, -0.05) is 42.5 Å². The van der Waals surface area contributed by atoms with Crippen LogP contribution in [-0.4, -0.2) is 33.4 Å². The van der Waals surface area contributed by atoms with Gasteiger partial charge in [0.25, 0.3) is 11.6 Å². The molecule has 1 amide bonds. The fourth-order valence-electron chi connectivity index (χ4n) is 3.39. The summed E-state index contributed by atoms with van der Waals surface area (Å²) in [6.45, 7) is 0.553. The summed E-state index contributed by atoms with van der Waals surface area (Å²) in [6, 6.07) is 15.2. The van der Waals surface area contributed by atoms with E-state index in [1.165, 1.54) is 12.1 Å². The topological polar surface area (TPSA) is 83.7 Å². The maximum atomic E-state index is 12.8. The summed E-state index contributed by atoms with van der Waals surface area (Å²) < 4.78 is 0. The summed E-state index contributed by atoms with van der Waals surface area (Å²) in [7, 11) is 0. The summed E-state index contributed by atoms with van der Waals surface area (Å²) in [5.74, 6) is -0.338. The van der Waals surface area contributed by atoms with Crippen LogP contribution in [0, 0.1) is 10.1 Å². The largest absolute Gasteiger partial charge is 0.388 e. The molecule has 25 heavy (non-hydrogen) atoms. The van der Waals surface area contributed by atoms with Crippen molar-refractivity contribution >= 4 is 11.6 Å². The number of para-hydroxylation sites is 1. The standard InChI is InChI=1S/C19H20N2O4/c22-18(14-7-2-1-3-8-14)13-15-9-6-12-20(15)19(23)16-10-4-5-11-17(16)21(24)25/h1-5,7-8,10-11,15,18,22H,6,9,12-13H2/t15-,18+/m1/s1. The fraction of sp³-hybridized carbons (Fsp3) is 0.316. The number of benzene rings is 2. The van der Waals surface area contributed by atoms with Crippen LogP contribution in [0.1, 0.15) is 41.3 Å². The van der Waals surface area contributed by atoms with Crippen molar-refractivity contribution in [2.75, 3.05) is 6.54 Å². The van der Waals surface area contributed by atoms with Gasteiger partial charge in [0, 0.05) is 18.7 Å². The van der Waals surface area contributed by atoms with E-state index in [0.717, 1.165) is 18.4 Å². The van der Waals surface area contributed by atoms with E-state index in [4.69, 9.17) is 0 Å². The van der Waals surface area contributed by atoms with Gasteiger partial charge >= 0.3 is 0 Å². The number of hydrogen-bond acceptors (Lipinski definition) is 4. The van der Waals surface area contributed by atoms with Crippen molar-refractivity contribution in [1.29, 1.82) is 0 Å². The Kier molecular flexibility index (Phi) is 5.09. The van der Waals surface area contributed by atoms with Crippen molar-refractivity contribution < 1.29 is 14.8 Å². The Morgan fingerprint density at radius 2 is 1.88 bits per heavy atom. The van der Waals surface area contributed by atoms with Crippen molar-refractivity contribution in [1.82, 2.24) is 4.90 Å². The Balaban J connectivity index is 1.78. The average Bonchev–Trinajstić information content (AvgIpc) is 3.09. The summed E-state index contributed by atoms with van der Waals surface area (Å²) in [6.07, 6.45) is 1.39. The van der Waals surface area contributed by atoms with E-state index in [-0.39, 0.29) is 23.2 Å². The third-order valence-electron chi connectivity index (χ3n) is 4.65. The van der Waals surface area contributed by atoms with Crippen LogP contribution in [0.25, 0.3) is 0 Å². The van der Waals surface area contributed by atoms with Crippen LogP contribution >= 0.6 is 0 Å². The minimum atomic E-state index is -0.662. The van der Waals surface area contributed by atoms with E-state index >= 15 is 0 Å². The molecule has 0 radical (unpaired) electrons. The van der Waals surface area contributed by atoms with Gasteiger partial charge < -0.3 is 10.0 Å². The molecular formula is C19H20N2O4. The predicted molar refractivity (Wildman–Crippen MR) is 93.2 cm³/mol. The second-order valence-electron chi connectivity index (χ2n) is 6.23. The van der Waals surface area contributed by atoms with Gasteiger partial charge in [0.05, 0.1) is 11.0 Å². The van der Waals surface area contributed by atoms with E-state index in [2.05, 4.69) is 0 Å². The SMILES string of the molecule is O=C(c1ccccc1[N+](=O)[O-])N1CCC[C@@H]1C[C@H](O)c1ccccc1. The molecule has 0 spiro atoms. The first-order valence-electron chi connectivity index (χ1n) is 8.35. The number of nitrogens with zero attached hydrogens (tertiary/aromatic N) is 2. The van der Waals surface area contributed by atoms with Gasteiger partial charge in [-0.2, -0.15) is 0 Å². The van der Waals surface area contributed by atoms with E-state index in [0.29, 0.717) is 13.0 Å². The van der Waals surface area contributed by atoms with Crippen LogP contribution in [0.15, 0.2) is 54.6 Å². The van der Waals surface area contributed by atoms with E-state index < -0.39 is 11.0 Å². The van der Waals surface area contributed by atoms with Crippen LogP contribution in [0.4, 0.5) is 5.69 Å². The normalized spacial score (nSPS) is 18.1. The van der Waals surface area contributed by atoms with Crippen molar-refractivity contribution in [3.05, 3.63) is 75.8 Å². The van der Waals surface area contributed by atoms with Gasteiger partial charge in [0.2, 0.25) is 0 Å². The van der Waals surface area contributed by atoms with Crippen molar-refractivity contribution in [3.63, 3.8) is 0 Å². The molecule has 1 saturated heterocycles. The summed E-state index contributed by atoms with van der Waals surface area (Å²) in [5, 5.41) is 21.6. The van der Waals surface area contributed by atoms with Gasteiger partial charge in [0.1, 0.15) is 5.56 Å². The lowest BCUT2D eigenvalue weighted by molar-refractivity contribution is -0.385. The quantitative estimate of drug-likeness (QED) is 0.668. The van der Waals surface area contributed by atoms with Crippen LogP contribution in [0.3, 0.4) is 0 Å². The Morgan fingerprint density at radius 3 is 2.60 bits per heavy atom. The molecule has 0 aromatic heterocycles.